The fraction of sp³-hybridized carbons (Fsp3) is 0.227. The quantitative estimate of drug-likeness (QED) is 0.708. The highest BCUT2D eigenvalue weighted by molar-refractivity contribution is 5.90. The third kappa shape index (κ3) is 4.04. The number of hydrogen-bond acceptors (Lipinski definition) is 4. The van der Waals surface area contributed by atoms with Crippen LogP contribution in [0.25, 0.3) is 0 Å². The number of carbonyl (C=O) groups excluding carboxylic acids is 1. The normalized spacial score (nSPS) is 11.2. The average molecular weight is 361 g/mol. The van der Waals surface area contributed by atoms with Gasteiger partial charge in [-0.1, -0.05) is 60.7 Å². The Morgan fingerprint density at radius 2 is 1.56 bits per heavy atom. The lowest BCUT2D eigenvalue weighted by Crippen LogP contribution is -2.46. The summed E-state index contributed by atoms with van der Waals surface area (Å²) in [5.74, 6) is 0.199. The first-order valence-corrected chi connectivity index (χ1v) is 8.92. The third-order valence-corrected chi connectivity index (χ3v) is 4.62. The molecule has 0 radical (unpaired) electrons. The van der Waals surface area contributed by atoms with Crippen molar-refractivity contribution in [3.8, 4) is 0 Å². The van der Waals surface area contributed by atoms with Crippen molar-refractivity contribution in [3.05, 3.63) is 95.1 Å². The molecule has 5 nitrogen and oxygen atoms in total. The molecule has 0 aliphatic rings. The van der Waals surface area contributed by atoms with Gasteiger partial charge in [0.2, 0.25) is 0 Å². The van der Waals surface area contributed by atoms with Crippen LogP contribution in [0.3, 0.4) is 0 Å². The number of amides is 1. The smallest absolute Gasteiger partial charge is 0.261 e. The van der Waals surface area contributed by atoms with Crippen molar-refractivity contribution in [1.29, 1.82) is 0 Å². The molecule has 0 bridgehead atoms. The van der Waals surface area contributed by atoms with E-state index in [9.17, 15) is 9.90 Å². The van der Waals surface area contributed by atoms with Gasteiger partial charge in [0, 0.05) is 24.9 Å². The maximum Gasteiger partial charge on any atom is 0.261 e. The number of benzene rings is 2. The number of nitrogens with zero attached hydrogens (tertiary/aromatic N) is 2. The summed E-state index contributed by atoms with van der Waals surface area (Å²) in [6, 6.07) is 17.9. The lowest BCUT2D eigenvalue weighted by atomic mass is 9.85. The van der Waals surface area contributed by atoms with Gasteiger partial charge in [-0.2, -0.15) is 0 Å². The Kier molecular flexibility index (Phi) is 5.62. The van der Waals surface area contributed by atoms with Crippen LogP contribution in [0, 0.1) is 13.8 Å². The predicted molar refractivity (Wildman–Crippen MR) is 104 cm³/mol. The van der Waals surface area contributed by atoms with E-state index in [4.69, 9.17) is 0 Å². The molecule has 1 heterocycles. The first-order valence-electron chi connectivity index (χ1n) is 8.92. The van der Waals surface area contributed by atoms with Gasteiger partial charge in [0.1, 0.15) is 5.82 Å². The summed E-state index contributed by atoms with van der Waals surface area (Å²) < 4.78 is 0. The van der Waals surface area contributed by atoms with Gasteiger partial charge >= 0.3 is 0 Å². The molecule has 0 fully saturated rings. The van der Waals surface area contributed by atoms with E-state index in [1.165, 1.54) is 0 Å². The summed E-state index contributed by atoms with van der Waals surface area (Å²) in [5, 5.41) is 14.2. The molecule has 1 aromatic heterocycles. The molecular formula is C22H23N3O2. The SMILES string of the molecule is Cc1cnc(CCNC(=O)C(O)(c2ccccc2)c2ccccc2)nc1C. The summed E-state index contributed by atoms with van der Waals surface area (Å²) in [5.41, 5.74) is 1.25. The van der Waals surface area contributed by atoms with E-state index >= 15 is 0 Å². The van der Waals surface area contributed by atoms with Gasteiger partial charge in [-0.3, -0.25) is 4.79 Å². The van der Waals surface area contributed by atoms with Crippen LogP contribution in [0.4, 0.5) is 0 Å². The van der Waals surface area contributed by atoms with Gasteiger partial charge in [0.25, 0.3) is 5.91 Å². The summed E-state index contributed by atoms with van der Waals surface area (Å²) in [6.07, 6.45) is 2.27. The highest BCUT2D eigenvalue weighted by atomic mass is 16.3. The summed E-state index contributed by atoms with van der Waals surface area (Å²) in [4.78, 5) is 21.7. The molecular weight excluding hydrogens is 338 g/mol. The average Bonchev–Trinajstić information content (AvgIpc) is 2.71. The Morgan fingerprint density at radius 1 is 1.00 bits per heavy atom. The maximum absolute atomic E-state index is 13.0. The molecule has 5 heteroatoms. The minimum absolute atomic E-state index is 0.337. The van der Waals surface area contributed by atoms with Crippen molar-refractivity contribution in [1.82, 2.24) is 15.3 Å². The van der Waals surface area contributed by atoms with Crippen LogP contribution < -0.4 is 5.32 Å². The van der Waals surface area contributed by atoms with Crippen LogP contribution in [-0.2, 0) is 16.8 Å². The van der Waals surface area contributed by atoms with Crippen LogP contribution in [0.1, 0.15) is 28.2 Å². The summed E-state index contributed by atoms with van der Waals surface area (Å²) in [6.45, 7) is 4.23. The van der Waals surface area contributed by atoms with E-state index < -0.39 is 11.5 Å². The number of rotatable bonds is 6. The standard InChI is InChI=1S/C22H23N3O2/c1-16-15-24-20(25-17(16)2)13-14-23-21(26)22(27,18-9-5-3-6-10-18)19-11-7-4-8-12-19/h3-12,15,27H,13-14H2,1-2H3,(H,23,26). The van der Waals surface area contributed by atoms with E-state index in [1.54, 1.807) is 54.7 Å². The summed E-state index contributed by atoms with van der Waals surface area (Å²) in [7, 11) is 0. The molecule has 0 aliphatic heterocycles. The number of carbonyl (C=O) groups is 1. The molecule has 2 aromatic carbocycles. The van der Waals surface area contributed by atoms with Crippen LogP contribution >= 0.6 is 0 Å². The van der Waals surface area contributed by atoms with Crippen LogP contribution in [0.5, 0.6) is 0 Å². The van der Waals surface area contributed by atoms with E-state index in [2.05, 4.69) is 15.3 Å². The van der Waals surface area contributed by atoms with Crippen molar-refractivity contribution in [2.75, 3.05) is 6.54 Å². The lowest BCUT2D eigenvalue weighted by molar-refractivity contribution is -0.136. The van der Waals surface area contributed by atoms with Crippen molar-refractivity contribution >= 4 is 5.91 Å². The second-order valence-corrected chi connectivity index (χ2v) is 6.50. The highest BCUT2D eigenvalue weighted by Crippen LogP contribution is 2.29. The van der Waals surface area contributed by atoms with Crippen molar-refractivity contribution in [2.45, 2.75) is 25.9 Å². The molecule has 0 saturated carbocycles. The molecule has 0 spiro atoms. The fourth-order valence-corrected chi connectivity index (χ4v) is 2.90. The topological polar surface area (TPSA) is 75.1 Å². The van der Waals surface area contributed by atoms with Crippen LogP contribution in [0.15, 0.2) is 66.9 Å². The van der Waals surface area contributed by atoms with E-state index in [1.807, 2.05) is 26.0 Å². The number of nitrogens with one attached hydrogen (secondary N) is 1. The van der Waals surface area contributed by atoms with Crippen molar-refractivity contribution in [2.24, 2.45) is 0 Å². The molecule has 1 amide bonds. The minimum atomic E-state index is -1.76. The van der Waals surface area contributed by atoms with E-state index in [0.29, 0.717) is 29.9 Å². The second-order valence-electron chi connectivity index (χ2n) is 6.50. The number of hydrogen-bond donors (Lipinski definition) is 2. The summed E-state index contributed by atoms with van der Waals surface area (Å²) >= 11 is 0. The Hall–Kier alpha value is -3.05. The van der Waals surface area contributed by atoms with Crippen molar-refractivity contribution in [3.63, 3.8) is 0 Å². The van der Waals surface area contributed by atoms with E-state index in [-0.39, 0.29) is 0 Å². The van der Waals surface area contributed by atoms with Gasteiger partial charge in [-0.15, -0.1) is 0 Å². The Balaban J connectivity index is 1.79. The zero-order chi connectivity index (χ0) is 19.3. The van der Waals surface area contributed by atoms with Gasteiger partial charge in [-0.05, 0) is 30.5 Å². The molecule has 138 valence electrons. The first-order chi connectivity index (χ1) is 13.0. The van der Waals surface area contributed by atoms with Gasteiger partial charge in [-0.25, -0.2) is 9.97 Å². The minimum Gasteiger partial charge on any atom is -0.372 e. The Morgan fingerprint density at radius 3 is 2.07 bits per heavy atom. The lowest BCUT2D eigenvalue weighted by Gasteiger charge is -2.28. The molecule has 0 aliphatic carbocycles. The van der Waals surface area contributed by atoms with Gasteiger partial charge in [0.05, 0.1) is 0 Å². The molecule has 3 aromatic rings. The second kappa shape index (κ2) is 8.10. The maximum atomic E-state index is 13.0. The zero-order valence-electron chi connectivity index (χ0n) is 15.5. The first kappa shape index (κ1) is 18.7. The molecule has 27 heavy (non-hydrogen) atoms. The third-order valence-electron chi connectivity index (χ3n) is 4.62. The van der Waals surface area contributed by atoms with Crippen molar-refractivity contribution < 1.29 is 9.90 Å². The largest absolute Gasteiger partial charge is 0.372 e. The molecule has 0 atom stereocenters. The molecule has 3 rings (SSSR count). The van der Waals surface area contributed by atoms with Gasteiger partial charge < -0.3 is 10.4 Å². The predicted octanol–water partition coefficient (Wildman–Crippen LogP) is 2.69. The highest BCUT2D eigenvalue weighted by Gasteiger charge is 2.39. The Bertz CT molecular complexity index is 872. The fourth-order valence-electron chi connectivity index (χ4n) is 2.90. The number of aryl methyl sites for hydroxylation is 2. The molecule has 0 saturated heterocycles. The molecule has 2 N–H and O–H groups in total. The van der Waals surface area contributed by atoms with Gasteiger partial charge in [0.15, 0.2) is 5.60 Å². The molecule has 0 unspecified atom stereocenters. The van der Waals surface area contributed by atoms with Crippen LogP contribution in [0.2, 0.25) is 0 Å². The van der Waals surface area contributed by atoms with Crippen LogP contribution in [-0.4, -0.2) is 27.5 Å². The zero-order valence-corrected chi connectivity index (χ0v) is 15.5. The van der Waals surface area contributed by atoms with E-state index in [0.717, 1.165) is 11.3 Å². The number of aromatic nitrogens is 2. The Labute approximate surface area is 159 Å². The monoisotopic (exact) mass is 361 g/mol. The number of aliphatic hydroxyl groups is 1.